The van der Waals surface area contributed by atoms with E-state index in [1.54, 1.807) is 18.5 Å². The van der Waals surface area contributed by atoms with E-state index in [0.29, 0.717) is 6.54 Å². The van der Waals surface area contributed by atoms with Gasteiger partial charge in [-0.3, -0.25) is 0 Å². The highest BCUT2D eigenvalue weighted by Gasteiger charge is 2.14. The molecule has 3 nitrogen and oxygen atoms in total. The fourth-order valence-corrected chi connectivity index (χ4v) is 2.02. The lowest BCUT2D eigenvalue weighted by atomic mass is 9.98. The van der Waals surface area contributed by atoms with E-state index in [0.717, 1.165) is 15.9 Å². The van der Waals surface area contributed by atoms with Gasteiger partial charge in [-0.1, -0.05) is 28.1 Å². The zero-order valence-corrected chi connectivity index (χ0v) is 10.3. The number of hydrogen-bond acceptors (Lipinski definition) is 3. The van der Waals surface area contributed by atoms with Gasteiger partial charge in [-0.05, 0) is 23.8 Å². The summed E-state index contributed by atoms with van der Waals surface area (Å²) in [6.07, 6.45) is 3.48. The first-order valence-electron chi connectivity index (χ1n) is 5.03. The van der Waals surface area contributed by atoms with Crippen LogP contribution in [0.2, 0.25) is 0 Å². The third kappa shape index (κ3) is 2.46. The molecular formula is C12H12BrN3. The van der Waals surface area contributed by atoms with E-state index >= 15 is 0 Å². The Kier molecular flexibility index (Phi) is 3.64. The van der Waals surface area contributed by atoms with Gasteiger partial charge in [-0.25, -0.2) is 9.97 Å². The molecule has 1 atom stereocenters. The van der Waals surface area contributed by atoms with E-state index in [9.17, 15) is 0 Å². The molecule has 0 bridgehead atoms. The summed E-state index contributed by atoms with van der Waals surface area (Å²) in [6.45, 7) is 0.500. The van der Waals surface area contributed by atoms with Crippen molar-refractivity contribution in [1.82, 2.24) is 9.97 Å². The van der Waals surface area contributed by atoms with Crippen LogP contribution in [0.25, 0.3) is 0 Å². The monoisotopic (exact) mass is 277 g/mol. The molecule has 0 amide bonds. The van der Waals surface area contributed by atoms with E-state index < -0.39 is 0 Å². The number of hydrogen-bond donors (Lipinski definition) is 1. The number of halogens is 1. The molecule has 1 heterocycles. The summed E-state index contributed by atoms with van der Waals surface area (Å²) in [5.41, 5.74) is 6.92. The predicted molar refractivity (Wildman–Crippen MR) is 67.1 cm³/mol. The fraction of sp³-hybridized carbons (Fsp3) is 0.167. The summed E-state index contributed by atoms with van der Waals surface area (Å²) < 4.78 is 1.04. The Balaban J connectivity index is 2.37. The van der Waals surface area contributed by atoms with E-state index in [1.165, 1.54) is 0 Å². The Morgan fingerprint density at radius 2 is 1.94 bits per heavy atom. The molecule has 2 N–H and O–H groups in total. The molecule has 2 aromatic rings. The maximum Gasteiger partial charge on any atom is 0.136 e. The molecule has 2 rings (SSSR count). The van der Waals surface area contributed by atoms with Crippen LogP contribution in [0.4, 0.5) is 0 Å². The number of nitrogens with two attached hydrogens (primary N) is 1. The third-order valence-corrected chi connectivity index (χ3v) is 2.88. The summed E-state index contributed by atoms with van der Waals surface area (Å²) >= 11 is 3.45. The van der Waals surface area contributed by atoms with E-state index in [2.05, 4.69) is 25.9 Å². The molecule has 4 heteroatoms. The molecule has 0 saturated heterocycles. The van der Waals surface area contributed by atoms with Crippen molar-refractivity contribution in [3.05, 3.63) is 58.6 Å². The standard InChI is InChI=1S/C12H12BrN3/c13-10-4-1-3-9(7-10)11(8-14)12-15-5-2-6-16-12/h1-7,11H,8,14H2. The Labute approximate surface area is 103 Å². The van der Waals surface area contributed by atoms with Gasteiger partial charge >= 0.3 is 0 Å². The minimum absolute atomic E-state index is 0.0544. The van der Waals surface area contributed by atoms with Crippen molar-refractivity contribution in [2.75, 3.05) is 6.54 Å². The lowest BCUT2D eigenvalue weighted by molar-refractivity contribution is 0.749. The lowest BCUT2D eigenvalue weighted by Crippen LogP contribution is -2.16. The molecular weight excluding hydrogens is 266 g/mol. The van der Waals surface area contributed by atoms with Gasteiger partial charge in [-0.15, -0.1) is 0 Å². The van der Waals surface area contributed by atoms with Crippen molar-refractivity contribution in [1.29, 1.82) is 0 Å². The van der Waals surface area contributed by atoms with E-state index in [-0.39, 0.29) is 5.92 Å². The van der Waals surface area contributed by atoms with Crippen molar-refractivity contribution < 1.29 is 0 Å². The molecule has 0 radical (unpaired) electrons. The first-order valence-corrected chi connectivity index (χ1v) is 5.83. The molecule has 0 aliphatic rings. The van der Waals surface area contributed by atoms with E-state index in [4.69, 9.17) is 5.73 Å². The van der Waals surface area contributed by atoms with Crippen LogP contribution in [-0.2, 0) is 0 Å². The number of nitrogens with zero attached hydrogens (tertiary/aromatic N) is 2. The van der Waals surface area contributed by atoms with Crippen LogP contribution in [0, 0.1) is 0 Å². The topological polar surface area (TPSA) is 51.8 Å². The number of rotatable bonds is 3. The Bertz CT molecular complexity index is 459. The zero-order valence-electron chi connectivity index (χ0n) is 8.68. The van der Waals surface area contributed by atoms with Gasteiger partial charge in [0.05, 0.1) is 5.92 Å². The maximum atomic E-state index is 5.79. The molecule has 1 aromatic carbocycles. The summed E-state index contributed by atoms with van der Waals surface area (Å²) in [7, 11) is 0. The maximum absolute atomic E-state index is 5.79. The van der Waals surface area contributed by atoms with Gasteiger partial charge in [0.1, 0.15) is 5.82 Å². The van der Waals surface area contributed by atoms with Gasteiger partial charge < -0.3 is 5.73 Å². The fourth-order valence-electron chi connectivity index (χ4n) is 1.60. The van der Waals surface area contributed by atoms with Crippen molar-refractivity contribution >= 4 is 15.9 Å². The van der Waals surface area contributed by atoms with E-state index in [1.807, 2.05) is 24.3 Å². The summed E-state index contributed by atoms with van der Waals surface area (Å²) in [5.74, 6) is 0.821. The number of aromatic nitrogens is 2. The largest absolute Gasteiger partial charge is 0.329 e. The minimum Gasteiger partial charge on any atom is -0.329 e. The van der Waals surface area contributed by atoms with Crippen LogP contribution >= 0.6 is 15.9 Å². The molecule has 0 fully saturated rings. The quantitative estimate of drug-likeness (QED) is 0.937. The van der Waals surface area contributed by atoms with Crippen LogP contribution < -0.4 is 5.73 Å². The summed E-state index contributed by atoms with van der Waals surface area (Å²) in [6, 6.07) is 9.87. The first kappa shape index (κ1) is 11.2. The molecule has 16 heavy (non-hydrogen) atoms. The van der Waals surface area contributed by atoms with Gasteiger partial charge in [0.15, 0.2) is 0 Å². The minimum atomic E-state index is 0.0544. The molecule has 0 spiro atoms. The van der Waals surface area contributed by atoms with Crippen molar-refractivity contribution in [2.45, 2.75) is 5.92 Å². The van der Waals surface area contributed by atoms with Crippen LogP contribution in [0.3, 0.4) is 0 Å². The smallest absolute Gasteiger partial charge is 0.136 e. The summed E-state index contributed by atoms with van der Waals surface area (Å²) in [5, 5.41) is 0. The van der Waals surface area contributed by atoms with Gasteiger partial charge in [0.25, 0.3) is 0 Å². The highest BCUT2D eigenvalue weighted by Crippen LogP contribution is 2.23. The number of benzene rings is 1. The Morgan fingerprint density at radius 1 is 1.19 bits per heavy atom. The van der Waals surface area contributed by atoms with Crippen molar-refractivity contribution in [3.8, 4) is 0 Å². The predicted octanol–water partition coefficient (Wildman–Crippen LogP) is 2.33. The van der Waals surface area contributed by atoms with Crippen molar-refractivity contribution in [3.63, 3.8) is 0 Å². The molecule has 1 unspecified atom stereocenters. The van der Waals surface area contributed by atoms with Crippen LogP contribution in [0.1, 0.15) is 17.3 Å². The normalized spacial score (nSPS) is 12.4. The Hall–Kier alpha value is -1.26. The average molecular weight is 278 g/mol. The van der Waals surface area contributed by atoms with Gasteiger partial charge in [-0.2, -0.15) is 0 Å². The second-order valence-electron chi connectivity index (χ2n) is 3.45. The highest BCUT2D eigenvalue weighted by molar-refractivity contribution is 9.10. The Morgan fingerprint density at radius 3 is 2.56 bits per heavy atom. The van der Waals surface area contributed by atoms with Gasteiger partial charge in [0, 0.05) is 23.4 Å². The summed E-state index contributed by atoms with van der Waals surface area (Å²) in [4.78, 5) is 8.50. The molecule has 0 saturated carbocycles. The highest BCUT2D eigenvalue weighted by atomic mass is 79.9. The molecule has 0 aliphatic carbocycles. The third-order valence-electron chi connectivity index (χ3n) is 2.38. The average Bonchev–Trinajstić information content (AvgIpc) is 2.31. The second-order valence-corrected chi connectivity index (χ2v) is 4.37. The van der Waals surface area contributed by atoms with Crippen LogP contribution in [-0.4, -0.2) is 16.5 Å². The second kappa shape index (κ2) is 5.18. The lowest BCUT2D eigenvalue weighted by Gasteiger charge is -2.13. The van der Waals surface area contributed by atoms with Crippen molar-refractivity contribution in [2.24, 2.45) is 5.73 Å². The molecule has 0 aliphatic heterocycles. The molecule has 82 valence electrons. The van der Waals surface area contributed by atoms with Crippen LogP contribution in [0.15, 0.2) is 47.2 Å². The molecule has 1 aromatic heterocycles. The van der Waals surface area contributed by atoms with Gasteiger partial charge in [0.2, 0.25) is 0 Å². The first-order chi connectivity index (χ1) is 7.81. The zero-order chi connectivity index (χ0) is 11.4. The SMILES string of the molecule is NCC(c1cccc(Br)c1)c1ncccn1. The van der Waals surface area contributed by atoms with Crippen LogP contribution in [0.5, 0.6) is 0 Å².